The van der Waals surface area contributed by atoms with E-state index in [4.69, 9.17) is 10.7 Å². The van der Waals surface area contributed by atoms with Crippen LogP contribution in [0.25, 0.3) is 0 Å². The Labute approximate surface area is 222 Å². The molecule has 4 aliphatic rings. The number of amides is 4. The van der Waals surface area contributed by atoms with Crippen molar-refractivity contribution < 1.29 is 19.2 Å². The third-order valence-corrected chi connectivity index (χ3v) is 8.21. The number of aliphatic imine (C=N–C) groups is 1. The third kappa shape index (κ3) is 5.36. The number of likely N-dealkylation sites (tertiary alicyclic amines) is 1. The van der Waals surface area contributed by atoms with Crippen LogP contribution >= 0.6 is 0 Å². The maximum absolute atomic E-state index is 13.3. The SMILES string of the molecule is N/C=C(\C=NC1CCN(C2CCCCC2)CC1)CNc1cccc2c1C(=O)N(C1CCC(=O)NC1=O)C2=O. The van der Waals surface area contributed by atoms with E-state index in [0.29, 0.717) is 12.2 Å². The van der Waals surface area contributed by atoms with Crippen molar-refractivity contribution in [3.63, 3.8) is 0 Å². The van der Waals surface area contributed by atoms with Crippen LogP contribution in [-0.2, 0) is 9.59 Å². The number of anilines is 1. The van der Waals surface area contributed by atoms with Crippen molar-refractivity contribution >= 4 is 35.5 Å². The quantitative estimate of drug-likeness (QED) is 0.370. The fourth-order valence-electron chi connectivity index (χ4n) is 6.05. The molecule has 1 atom stereocenters. The molecule has 0 aromatic heterocycles. The smallest absolute Gasteiger partial charge is 0.264 e. The van der Waals surface area contributed by atoms with Crippen molar-refractivity contribution in [2.75, 3.05) is 25.0 Å². The zero-order chi connectivity index (χ0) is 26.6. The number of carbonyl (C=O) groups is 4. The molecule has 10 nitrogen and oxygen atoms in total. The summed E-state index contributed by atoms with van der Waals surface area (Å²) >= 11 is 0. The highest BCUT2D eigenvalue weighted by Crippen LogP contribution is 2.32. The molecule has 4 N–H and O–H groups in total. The molecule has 1 unspecified atom stereocenters. The summed E-state index contributed by atoms with van der Waals surface area (Å²) in [5.74, 6) is -2.10. The molecular formula is C28H36N6O4. The number of carbonyl (C=O) groups excluding carboxylic acids is 4. The summed E-state index contributed by atoms with van der Waals surface area (Å²) in [6.45, 7) is 2.50. The van der Waals surface area contributed by atoms with Gasteiger partial charge in [0.25, 0.3) is 11.8 Å². The summed E-state index contributed by atoms with van der Waals surface area (Å²) in [5.41, 5.74) is 7.61. The maximum atomic E-state index is 13.3. The summed E-state index contributed by atoms with van der Waals surface area (Å²) in [6.07, 6.45) is 12.3. The van der Waals surface area contributed by atoms with E-state index in [1.165, 1.54) is 38.3 Å². The number of nitrogens with zero attached hydrogens (tertiary/aromatic N) is 3. The first kappa shape index (κ1) is 26.1. The third-order valence-electron chi connectivity index (χ3n) is 8.21. The topological polar surface area (TPSA) is 137 Å². The Kier molecular flexibility index (Phi) is 7.87. The molecule has 0 spiro atoms. The molecule has 1 saturated carbocycles. The van der Waals surface area contributed by atoms with Gasteiger partial charge in [0.05, 0.1) is 17.2 Å². The normalized spacial score (nSPS) is 24.3. The molecule has 10 heteroatoms. The second kappa shape index (κ2) is 11.5. The van der Waals surface area contributed by atoms with Crippen molar-refractivity contribution in [1.82, 2.24) is 15.1 Å². The zero-order valence-corrected chi connectivity index (χ0v) is 21.7. The summed E-state index contributed by atoms with van der Waals surface area (Å²) in [5, 5.41) is 5.44. The van der Waals surface area contributed by atoms with E-state index < -0.39 is 29.7 Å². The van der Waals surface area contributed by atoms with Crippen molar-refractivity contribution in [2.45, 2.75) is 75.9 Å². The highest BCUT2D eigenvalue weighted by Gasteiger charge is 2.45. The van der Waals surface area contributed by atoms with Crippen LogP contribution in [0.15, 0.2) is 35.0 Å². The fourth-order valence-corrected chi connectivity index (χ4v) is 6.05. The fraction of sp³-hybridized carbons (Fsp3) is 0.536. The highest BCUT2D eigenvalue weighted by atomic mass is 16.2. The van der Waals surface area contributed by atoms with E-state index >= 15 is 0 Å². The highest BCUT2D eigenvalue weighted by molar-refractivity contribution is 6.25. The predicted molar refractivity (Wildman–Crippen MR) is 144 cm³/mol. The molecule has 2 saturated heterocycles. The molecular weight excluding hydrogens is 484 g/mol. The van der Waals surface area contributed by atoms with Gasteiger partial charge in [0.1, 0.15) is 6.04 Å². The molecule has 5 rings (SSSR count). The number of nitrogens with two attached hydrogens (primary N) is 1. The molecule has 1 aromatic carbocycles. The van der Waals surface area contributed by atoms with Gasteiger partial charge < -0.3 is 16.0 Å². The molecule has 1 aliphatic carbocycles. The van der Waals surface area contributed by atoms with Crippen LogP contribution in [-0.4, -0.2) is 77.4 Å². The van der Waals surface area contributed by atoms with Crippen molar-refractivity contribution in [3.05, 3.63) is 41.1 Å². The second-order valence-electron chi connectivity index (χ2n) is 10.6. The van der Waals surface area contributed by atoms with Crippen molar-refractivity contribution in [1.29, 1.82) is 0 Å². The lowest BCUT2D eigenvalue weighted by molar-refractivity contribution is -0.136. The number of benzene rings is 1. The summed E-state index contributed by atoms with van der Waals surface area (Å²) < 4.78 is 0. The van der Waals surface area contributed by atoms with E-state index in [-0.39, 0.29) is 30.0 Å². The molecule has 3 heterocycles. The van der Waals surface area contributed by atoms with E-state index in [1.54, 1.807) is 24.4 Å². The first-order chi connectivity index (χ1) is 18.5. The number of hydrogen-bond acceptors (Lipinski definition) is 8. The van der Waals surface area contributed by atoms with Crippen LogP contribution in [0.4, 0.5) is 5.69 Å². The van der Waals surface area contributed by atoms with Gasteiger partial charge >= 0.3 is 0 Å². The molecule has 38 heavy (non-hydrogen) atoms. The van der Waals surface area contributed by atoms with Crippen LogP contribution in [0, 0.1) is 0 Å². The van der Waals surface area contributed by atoms with Gasteiger partial charge in [-0.25, -0.2) is 0 Å². The standard InChI is InChI=1S/C28H36N6O4/c29-15-18(16-30-19-11-13-33(14-12-19)20-5-2-1-3-6-20)17-31-22-8-4-7-21-25(22)28(38)34(27(21)37)23-9-10-24(35)32-26(23)36/h4,7-8,15-16,19-20,23,31H,1-3,5-6,9-14,17,29H2,(H,32,35,36)/b18-15+,30-16?. The van der Waals surface area contributed by atoms with Crippen molar-refractivity contribution in [2.24, 2.45) is 10.7 Å². The van der Waals surface area contributed by atoms with E-state index in [9.17, 15) is 19.2 Å². The Morgan fingerprint density at radius 3 is 2.50 bits per heavy atom. The van der Waals surface area contributed by atoms with Gasteiger partial charge in [-0.3, -0.25) is 34.4 Å². The van der Waals surface area contributed by atoms with Gasteiger partial charge in [-0.05, 0) is 44.2 Å². The van der Waals surface area contributed by atoms with Crippen molar-refractivity contribution in [3.8, 4) is 0 Å². The lowest BCUT2D eigenvalue weighted by Crippen LogP contribution is -2.54. The van der Waals surface area contributed by atoms with Crippen LogP contribution in [0.5, 0.6) is 0 Å². The molecule has 0 bridgehead atoms. The minimum atomic E-state index is -0.996. The predicted octanol–water partition coefficient (Wildman–Crippen LogP) is 2.21. The molecule has 0 radical (unpaired) electrons. The molecule has 3 fully saturated rings. The Balaban J connectivity index is 1.19. The Morgan fingerprint density at radius 1 is 1.03 bits per heavy atom. The summed E-state index contributed by atoms with van der Waals surface area (Å²) in [6, 6.07) is 5.01. The minimum Gasteiger partial charge on any atom is -0.404 e. The van der Waals surface area contributed by atoms with Gasteiger partial charge in [0.15, 0.2) is 0 Å². The monoisotopic (exact) mass is 520 g/mol. The van der Waals surface area contributed by atoms with Crippen LogP contribution in [0.2, 0.25) is 0 Å². The Morgan fingerprint density at radius 2 is 1.79 bits per heavy atom. The lowest BCUT2D eigenvalue weighted by atomic mass is 9.92. The Bertz CT molecular complexity index is 1160. The van der Waals surface area contributed by atoms with E-state index in [2.05, 4.69) is 15.5 Å². The number of rotatable bonds is 7. The zero-order valence-electron chi connectivity index (χ0n) is 21.7. The van der Waals surface area contributed by atoms with E-state index in [1.807, 2.05) is 0 Å². The maximum Gasteiger partial charge on any atom is 0.264 e. The largest absolute Gasteiger partial charge is 0.404 e. The van der Waals surface area contributed by atoms with Crippen LogP contribution in [0.1, 0.15) is 78.5 Å². The number of hydrogen-bond donors (Lipinski definition) is 3. The number of fused-ring (bicyclic) bond motifs is 1. The average Bonchev–Trinajstić information content (AvgIpc) is 3.19. The number of piperidine rings is 2. The van der Waals surface area contributed by atoms with Crippen LogP contribution in [0.3, 0.4) is 0 Å². The first-order valence-corrected chi connectivity index (χ1v) is 13.7. The summed E-state index contributed by atoms with van der Waals surface area (Å²) in [7, 11) is 0. The molecule has 4 amide bonds. The number of imide groups is 2. The van der Waals surface area contributed by atoms with E-state index in [0.717, 1.165) is 42.4 Å². The van der Waals surface area contributed by atoms with Gasteiger partial charge in [0.2, 0.25) is 11.8 Å². The van der Waals surface area contributed by atoms with Gasteiger partial charge in [-0.15, -0.1) is 0 Å². The van der Waals surface area contributed by atoms with Gasteiger partial charge in [-0.1, -0.05) is 25.3 Å². The minimum absolute atomic E-state index is 0.0819. The molecule has 1 aromatic rings. The molecule has 3 aliphatic heterocycles. The first-order valence-electron chi connectivity index (χ1n) is 13.7. The Hall–Kier alpha value is -3.53. The molecule has 202 valence electrons. The summed E-state index contributed by atoms with van der Waals surface area (Å²) in [4.78, 5) is 58.6. The van der Waals surface area contributed by atoms with Gasteiger partial charge in [0, 0.05) is 55.8 Å². The van der Waals surface area contributed by atoms with Crippen LogP contribution < -0.4 is 16.4 Å². The average molecular weight is 521 g/mol. The van der Waals surface area contributed by atoms with Gasteiger partial charge in [-0.2, -0.15) is 0 Å². The second-order valence-corrected chi connectivity index (χ2v) is 10.6. The number of nitrogens with one attached hydrogen (secondary N) is 2. The lowest BCUT2D eigenvalue weighted by Gasteiger charge is -2.38.